The Morgan fingerprint density at radius 2 is 2.39 bits per heavy atom. The number of rotatable bonds is 3. The number of guanidine groups is 1. The molecule has 23 heavy (non-hydrogen) atoms. The van der Waals surface area contributed by atoms with Gasteiger partial charge in [-0.15, -0.1) is 0 Å². The number of hydrogen-bond acceptors (Lipinski definition) is 3. The van der Waals surface area contributed by atoms with Gasteiger partial charge in [-0.2, -0.15) is 5.10 Å². The Morgan fingerprint density at radius 3 is 3.00 bits per heavy atom. The van der Waals surface area contributed by atoms with E-state index in [-0.39, 0.29) is 0 Å². The molecule has 4 rings (SSSR count). The lowest BCUT2D eigenvalue weighted by Crippen LogP contribution is -2.72. The van der Waals surface area contributed by atoms with Gasteiger partial charge in [0, 0.05) is 63.4 Å². The monoisotopic (exact) mass is 317 g/mol. The molecule has 3 fully saturated rings. The van der Waals surface area contributed by atoms with Crippen molar-refractivity contribution >= 4 is 5.96 Å². The quantitative estimate of drug-likeness (QED) is 0.676. The molecule has 1 saturated heterocycles. The second-order valence-corrected chi connectivity index (χ2v) is 7.38. The highest BCUT2D eigenvalue weighted by Gasteiger charge is 2.66. The molecule has 6 heteroatoms. The van der Waals surface area contributed by atoms with Crippen LogP contribution in [0.25, 0.3) is 0 Å². The van der Waals surface area contributed by atoms with Crippen molar-refractivity contribution in [3.8, 4) is 0 Å². The van der Waals surface area contributed by atoms with Gasteiger partial charge < -0.3 is 15.0 Å². The zero-order valence-corrected chi connectivity index (χ0v) is 14.3. The maximum absolute atomic E-state index is 6.01. The fourth-order valence-corrected chi connectivity index (χ4v) is 4.84. The first-order valence-corrected chi connectivity index (χ1v) is 8.67. The van der Waals surface area contributed by atoms with Gasteiger partial charge >= 0.3 is 0 Å². The fraction of sp³-hybridized carbons (Fsp3) is 0.765. The third kappa shape index (κ3) is 2.26. The zero-order valence-electron chi connectivity index (χ0n) is 14.3. The fourth-order valence-electron chi connectivity index (χ4n) is 4.84. The van der Waals surface area contributed by atoms with Crippen molar-refractivity contribution in [3.05, 3.63) is 18.0 Å². The van der Waals surface area contributed by atoms with Crippen molar-refractivity contribution in [2.45, 2.75) is 44.4 Å². The minimum absolute atomic E-state index is 0.381. The van der Waals surface area contributed by atoms with Crippen LogP contribution in [0.15, 0.2) is 17.4 Å². The minimum Gasteiger partial charge on any atom is -0.377 e. The van der Waals surface area contributed by atoms with E-state index in [2.05, 4.69) is 33.6 Å². The lowest BCUT2D eigenvalue weighted by Gasteiger charge is -2.63. The Morgan fingerprint density at radius 1 is 1.57 bits per heavy atom. The van der Waals surface area contributed by atoms with E-state index in [1.165, 1.54) is 31.2 Å². The number of ether oxygens (including phenoxy) is 1. The Balaban J connectivity index is 1.44. The first-order valence-electron chi connectivity index (χ1n) is 8.67. The van der Waals surface area contributed by atoms with Gasteiger partial charge in [-0.25, -0.2) is 0 Å². The van der Waals surface area contributed by atoms with Crippen LogP contribution in [0.2, 0.25) is 0 Å². The normalized spacial score (nSPS) is 31.4. The largest absolute Gasteiger partial charge is 0.377 e. The molecular weight excluding hydrogens is 290 g/mol. The van der Waals surface area contributed by atoms with Gasteiger partial charge in [0.1, 0.15) is 0 Å². The van der Waals surface area contributed by atoms with Crippen LogP contribution >= 0.6 is 0 Å². The molecule has 3 aliphatic rings. The number of aromatic nitrogens is 2. The molecule has 1 aromatic rings. The van der Waals surface area contributed by atoms with Crippen molar-refractivity contribution in [2.75, 3.05) is 20.7 Å². The van der Waals surface area contributed by atoms with Gasteiger partial charge in [0.2, 0.25) is 0 Å². The first kappa shape index (κ1) is 15.0. The second-order valence-electron chi connectivity index (χ2n) is 7.38. The van der Waals surface area contributed by atoms with Crippen molar-refractivity contribution in [3.63, 3.8) is 0 Å². The highest BCUT2D eigenvalue weighted by Crippen LogP contribution is 2.62. The van der Waals surface area contributed by atoms with E-state index in [4.69, 9.17) is 4.74 Å². The van der Waals surface area contributed by atoms with Crippen molar-refractivity contribution in [2.24, 2.45) is 23.4 Å². The van der Waals surface area contributed by atoms with Crippen molar-refractivity contribution < 1.29 is 4.74 Å². The maximum atomic E-state index is 6.01. The molecule has 1 aromatic heterocycles. The first-order chi connectivity index (χ1) is 11.1. The topological polar surface area (TPSA) is 54.7 Å². The van der Waals surface area contributed by atoms with Crippen molar-refractivity contribution in [1.82, 2.24) is 20.0 Å². The van der Waals surface area contributed by atoms with Gasteiger partial charge in [-0.3, -0.25) is 9.67 Å². The number of hydrogen-bond donors (Lipinski definition) is 1. The van der Waals surface area contributed by atoms with E-state index in [1.54, 1.807) is 0 Å². The number of fused-ring (bicyclic) bond motifs is 2. The van der Waals surface area contributed by atoms with E-state index in [0.29, 0.717) is 23.5 Å². The van der Waals surface area contributed by atoms with Gasteiger partial charge in [0.25, 0.3) is 0 Å². The van der Waals surface area contributed by atoms with Crippen LogP contribution in [0.4, 0.5) is 0 Å². The summed E-state index contributed by atoms with van der Waals surface area (Å²) in [6.07, 6.45) is 9.60. The minimum atomic E-state index is 0.381. The average molecular weight is 317 g/mol. The maximum Gasteiger partial charge on any atom is 0.193 e. The molecule has 0 amide bonds. The van der Waals surface area contributed by atoms with Crippen LogP contribution in [-0.4, -0.2) is 53.5 Å². The van der Waals surface area contributed by atoms with Gasteiger partial charge in [0.15, 0.2) is 5.96 Å². The Kier molecular flexibility index (Phi) is 3.59. The van der Waals surface area contributed by atoms with Gasteiger partial charge in [-0.1, -0.05) is 6.42 Å². The summed E-state index contributed by atoms with van der Waals surface area (Å²) >= 11 is 0. The Labute approximate surface area is 137 Å². The highest BCUT2D eigenvalue weighted by atomic mass is 16.5. The van der Waals surface area contributed by atoms with Crippen LogP contribution < -0.4 is 5.32 Å². The Bertz CT molecular complexity index is 606. The molecule has 3 atom stereocenters. The molecule has 0 aromatic carbocycles. The summed E-state index contributed by atoms with van der Waals surface area (Å²) in [6.45, 7) is 1.75. The van der Waals surface area contributed by atoms with Crippen LogP contribution in [0.3, 0.4) is 0 Å². The molecule has 1 spiro atoms. The lowest BCUT2D eigenvalue weighted by molar-refractivity contribution is -0.171. The van der Waals surface area contributed by atoms with E-state index in [1.807, 2.05) is 25.0 Å². The van der Waals surface area contributed by atoms with Crippen LogP contribution in [0.1, 0.15) is 31.2 Å². The summed E-state index contributed by atoms with van der Waals surface area (Å²) in [6, 6.07) is 0.527. The van der Waals surface area contributed by atoms with E-state index < -0.39 is 0 Å². The second kappa shape index (κ2) is 5.51. The average Bonchev–Trinajstić information content (AvgIpc) is 3.06. The molecular formula is C17H27N5O. The third-order valence-corrected chi connectivity index (χ3v) is 6.07. The standard InChI is InChI=1S/C17H27N5O/c1-18-16(21(2)10-12-9-19-22(3)11-12)20-14-13-5-8-23-15(13)17(14)6-4-7-17/h9,11,13-15H,4-8,10H2,1-3H3,(H,18,20). The molecule has 0 radical (unpaired) electrons. The van der Waals surface area contributed by atoms with E-state index >= 15 is 0 Å². The van der Waals surface area contributed by atoms with E-state index in [9.17, 15) is 0 Å². The summed E-state index contributed by atoms with van der Waals surface area (Å²) in [5, 5.41) is 8.01. The summed E-state index contributed by atoms with van der Waals surface area (Å²) in [4.78, 5) is 6.70. The predicted octanol–water partition coefficient (Wildman–Crippen LogP) is 1.38. The van der Waals surface area contributed by atoms with Crippen LogP contribution in [0.5, 0.6) is 0 Å². The molecule has 126 valence electrons. The molecule has 2 heterocycles. The molecule has 0 bridgehead atoms. The summed E-state index contributed by atoms with van der Waals surface area (Å²) in [5.74, 6) is 1.65. The SMILES string of the molecule is CN=C(NC1C2CCOC2C12CCC2)N(C)Cc1cnn(C)c1. The third-order valence-electron chi connectivity index (χ3n) is 6.07. The number of nitrogens with zero attached hydrogens (tertiary/aromatic N) is 4. The Hall–Kier alpha value is -1.56. The smallest absolute Gasteiger partial charge is 0.193 e. The summed E-state index contributed by atoms with van der Waals surface area (Å²) in [7, 11) is 5.92. The molecule has 2 saturated carbocycles. The molecule has 1 N–H and O–H groups in total. The van der Waals surface area contributed by atoms with Gasteiger partial charge in [-0.05, 0) is 19.3 Å². The summed E-state index contributed by atoms with van der Waals surface area (Å²) < 4.78 is 7.85. The highest BCUT2D eigenvalue weighted by molar-refractivity contribution is 5.80. The molecule has 6 nitrogen and oxygen atoms in total. The molecule has 1 aliphatic heterocycles. The predicted molar refractivity (Wildman–Crippen MR) is 89.1 cm³/mol. The lowest BCUT2D eigenvalue weighted by atomic mass is 9.46. The van der Waals surface area contributed by atoms with E-state index in [0.717, 1.165) is 19.1 Å². The van der Waals surface area contributed by atoms with Gasteiger partial charge in [0.05, 0.1) is 12.3 Å². The number of nitrogens with one attached hydrogen (secondary N) is 1. The molecule has 3 unspecified atom stereocenters. The van der Waals surface area contributed by atoms with Crippen LogP contribution in [0, 0.1) is 11.3 Å². The van der Waals surface area contributed by atoms with Crippen molar-refractivity contribution in [1.29, 1.82) is 0 Å². The van der Waals surface area contributed by atoms with Crippen LogP contribution in [-0.2, 0) is 18.3 Å². The number of aliphatic imine (C=N–C) groups is 1. The molecule has 2 aliphatic carbocycles. The summed E-state index contributed by atoms with van der Waals surface area (Å²) in [5.41, 5.74) is 1.58. The number of aryl methyl sites for hydroxylation is 1. The zero-order chi connectivity index (χ0) is 16.0.